The van der Waals surface area contributed by atoms with Crippen LogP contribution in [0.3, 0.4) is 0 Å². The highest BCUT2D eigenvalue weighted by Crippen LogP contribution is 2.18. The number of H-pyrrole nitrogens is 1. The monoisotopic (exact) mass is 250 g/mol. The summed E-state index contributed by atoms with van der Waals surface area (Å²) in [5, 5.41) is 6.72. The Bertz CT molecular complexity index is 415. The summed E-state index contributed by atoms with van der Waals surface area (Å²) in [5.41, 5.74) is 1.52. The van der Waals surface area contributed by atoms with E-state index < -0.39 is 0 Å². The predicted molar refractivity (Wildman–Crippen MR) is 70.6 cm³/mol. The molecule has 0 bridgehead atoms. The van der Waals surface area contributed by atoms with Gasteiger partial charge in [0.25, 0.3) is 5.91 Å². The third-order valence-corrected chi connectivity index (χ3v) is 3.80. The molecule has 0 saturated carbocycles. The molecule has 0 aromatic carbocycles. The number of nitrogens with one attached hydrogen (secondary N) is 1. The number of carbonyl (C=O) groups excluding carboxylic acids is 1. The van der Waals surface area contributed by atoms with Gasteiger partial charge in [-0.05, 0) is 32.9 Å². The van der Waals surface area contributed by atoms with Gasteiger partial charge in [-0.2, -0.15) is 5.10 Å². The quantitative estimate of drug-likeness (QED) is 0.875. The average Bonchev–Trinajstić information content (AvgIpc) is 2.96. The van der Waals surface area contributed by atoms with Crippen LogP contribution >= 0.6 is 0 Å². The Hall–Kier alpha value is -1.36. The zero-order valence-electron chi connectivity index (χ0n) is 11.4. The van der Waals surface area contributed by atoms with E-state index in [0.29, 0.717) is 11.6 Å². The average molecular weight is 250 g/mol. The van der Waals surface area contributed by atoms with Crippen LogP contribution in [0, 0.1) is 6.92 Å². The molecule has 1 aliphatic rings. The normalized spacial score (nSPS) is 20.3. The number of aryl methyl sites for hydroxylation is 1. The van der Waals surface area contributed by atoms with Crippen molar-refractivity contribution in [1.82, 2.24) is 20.0 Å². The van der Waals surface area contributed by atoms with Gasteiger partial charge >= 0.3 is 0 Å². The molecule has 0 aliphatic carbocycles. The summed E-state index contributed by atoms with van der Waals surface area (Å²) in [6.45, 7) is 7.09. The number of nitrogens with zero attached hydrogens (tertiary/aromatic N) is 3. The second-order valence-corrected chi connectivity index (χ2v) is 5.02. The first-order chi connectivity index (χ1) is 8.63. The molecule has 5 nitrogen and oxygen atoms in total. The van der Waals surface area contributed by atoms with Crippen molar-refractivity contribution in [2.24, 2.45) is 0 Å². The number of likely N-dealkylation sites (tertiary alicyclic amines) is 1. The van der Waals surface area contributed by atoms with Crippen LogP contribution in [0.2, 0.25) is 0 Å². The van der Waals surface area contributed by atoms with E-state index in [1.807, 2.05) is 18.9 Å². The van der Waals surface area contributed by atoms with Crippen LogP contribution < -0.4 is 0 Å². The molecule has 2 heterocycles. The summed E-state index contributed by atoms with van der Waals surface area (Å²) in [5.74, 6) is 0.0594. The third-order valence-electron chi connectivity index (χ3n) is 3.80. The van der Waals surface area contributed by atoms with Crippen molar-refractivity contribution in [1.29, 1.82) is 0 Å². The number of aromatic amines is 1. The molecule has 0 spiro atoms. The molecule has 1 fully saturated rings. The van der Waals surface area contributed by atoms with Crippen LogP contribution in [-0.2, 0) is 0 Å². The van der Waals surface area contributed by atoms with Crippen molar-refractivity contribution >= 4 is 5.91 Å². The first kappa shape index (κ1) is 13.1. The molecular formula is C13H22N4O. The second kappa shape index (κ2) is 5.52. The smallest absolute Gasteiger partial charge is 0.257 e. The number of amides is 1. The lowest BCUT2D eigenvalue weighted by atomic mass is 10.2. The maximum absolute atomic E-state index is 12.3. The first-order valence-electron chi connectivity index (χ1n) is 6.63. The van der Waals surface area contributed by atoms with Gasteiger partial charge in [-0.1, -0.05) is 6.92 Å². The van der Waals surface area contributed by atoms with Gasteiger partial charge in [-0.15, -0.1) is 0 Å². The lowest BCUT2D eigenvalue weighted by Crippen LogP contribution is -2.41. The zero-order valence-corrected chi connectivity index (χ0v) is 11.4. The Balaban J connectivity index is 1.98. The fraction of sp³-hybridized carbons (Fsp3) is 0.692. The molecule has 1 aromatic heterocycles. The molecule has 100 valence electrons. The van der Waals surface area contributed by atoms with Crippen molar-refractivity contribution in [3.05, 3.63) is 17.5 Å². The van der Waals surface area contributed by atoms with E-state index in [1.54, 1.807) is 6.20 Å². The fourth-order valence-electron chi connectivity index (χ4n) is 2.69. The summed E-state index contributed by atoms with van der Waals surface area (Å²) in [7, 11) is 1.88. The van der Waals surface area contributed by atoms with E-state index in [4.69, 9.17) is 0 Å². The molecule has 1 aromatic rings. The molecule has 1 unspecified atom stereocenters. The molecule has 18 heavy (non-hydrogen) atoms. The number of likely N-dealkylation sites (N-methyl/N-ethyl adjacent to an activating group) is 2. The van der Waals surface area contributed by atoms with Crippen LogP contribution in [0.15, 0.2) is 6.20 Å². The molecule has 1 atom stereocenters. The van der Waals surface area contributed by atoms with Gasteiger partial charge < -0.3 is 4.90 Å². The molecule has 5 heteroatoms. The maximum atomic E-state index is 12.3. The minimum atomic E-state index is 0.0594. The number of hydrogen-bond acceptors (Lipinski definition) is 3. The largest absolute Gasteiger partial charge is 0.340 e. The minimum absolute atomic E-state index is 0.0594. The summed E-state index contributed by atoms with van der Waals surface area (Å²) in [4.78, 5) is 16.5. The Morgan fingerprint density at radius 2 is 2.44 bits per heavy atom. The summed E-state index contributed by atoms with van der Waals surface area (Å²) < 4.78 is 0. The van der Waals surface area contributed by atoms with Gasteiger partial charge in [-0.3, -0.25) is 14.8 Å². The highest BCUT2D eigenvalue weighted by Gasteiger charge is 2.26. The van der Waals surface area contributed by atoms with Crippen LogP contribution in [0.5, 0.6) is 0 Å². The Labute approximate surface area is 108 Å². The number of hydrogen-bond donors (Lipinski definition) is 1. The van der Waals surface area contributed by atoms with Gasteiger partial charge in [0.05, 0.1) is 11.8 Å². The highest BCUT2D eigenvalue weighted by molar-refractivity contribution is 5.94. The predicted octanol–water partition coefficient (Wildman–Crippen LogP) is 1.27. The lowest BCUT2D eigenvalue weighted by Gasteiger charge is -2.27. The molecular weight excluding hydrogens is 228 g/mol. The van der Waals surface area contributed by atoms with Crippen LogP contribution in [0.4, 0.5) is 0 Å². The van der Waals surface area contributed by atoms with Crippen molar-refractivity contribution < 1.29 is 4.79 Å². The van der Waals surface area contributed by atoms with Crippen LogP contribution in [-0.4, -0.2) is 58.6 Å². The van der Waals surface area contributed by atoms with Gasteiger partial charge in [0.2, 0.25) is 0 Å². The molecule has 1 N–H and O–H groups in total. The standard InChI is InChI=1S/C13H22N4O/c1-4-17-7-5-6-11(17)9-16(3)13(18)12-8-14-15-10(12)2/h8,11H,4-7,9H2,1-3H3,(H,14,15). The fourth-order valence-corrected chi connectivity index (χ4v) is 2.69. The first-order valence-corrected chi connectivity index (χ1v) is 6.63. The SMILES string of the molecule is CCN1CCCC1CN(C)C(=O)c1cn[nH]c1C. The second-order valence-electron chi connectivity index (χ2n) is 5.02. The van der Waals surface area contributed by atoms with Crippen molar-refractivity contribution in [3.63, 3.8) is 0 Å². The van der Waals surface area contributed by atoms with E-state index in [-0.39, 0.29) is 5.91 Å². The Kier molecular flexibility index (Phi) is 4.01. The molecule has 1 amide bonds. The van der Waals surface area contributed by atoms with E-state index >= 15 is 0 Å². The third kappa shape index (κ3) is 2.56. The van der Waals surface area contributed by atoms with E-state index in [0.717, 1.165) is 25.3 Å². The van der Waals surface area contributed by atoms with Gasteiger partial charge in [0.15, 0.2) is 0 Å². The summed E-state index contributed by atoms with van der Waals surface area (Å²) in [6, 6.07) is 0.510. The van der Waals surface area contributed by atoms with Gasteiger partial charge in [0, 0.05) is 25.3 Å². The molecule has 0 radical (unpaired) electrons. The van der Waals surface area contributed by atoms with Gasteiger partial charge in [-0.25, -0.2) is 0 Å². The van der Waals surface area contributed by atoms with Crippen LogP contribution in [0.25, 0.3) is 0 Å². The Morgan fingerprint density at radius 3 is 3.06 bits per heavy atom. The lowest BCUT2D eigenvalue weighted by molar-refractivity contribution is 0.0754. The highest BCUT2D eigenvalue weighted by atomic mass is 16.2. The van der Waals surface area contributed by atoms with Crippen molar-refractivity contribution in [2.75, 3.05) is 26.7 Å². The van der Waals surface area contributed by atoms with Crippen LogP contribution in [0.1, 0.15) is 35.8 Å². The Morgan fingerprint density at radius 1 is 1.67 bits per heavy atom. The van der Waals surface area contributed by atoms with E-state index in [2.05, 4.69) is 22.0 Å². The topological polar surface area (TPSA) is 52.2 Å². The number of carbonyl (C=O) groups is 1. The summed E-state index contributed by atoms with van der Waals surface area (Å²) >= 11 is 0. The van der Waals surface area contributed by atoms with Crippen molar-refractivity contribution in [2.45, 2.75) is 32.7 Å². The number of rotatable bonds is 4. The molecule has 2 rings (SSSR count). The molecule has 1 saturated heterocycles. The zero-order chi connectivity index (χ0) is 13.1. The number of aromatic nitrogens is 2. The maximum Gasteiger partial charge on any atom is 0.257 e. The van der Waals surface area contributed by atoms with E-state index in [1.165, 1.54) is 12.8 Å². The summed E-state index contributed by atoms with van der Waals surface area (Å²) in [6.07, 6.45) is 4.04. The van der Waals surface area contributed by atoms with Crippen molar-refractivity contribution in [3.8, 4) is 0 Å². The minimum Gasteiger partial charge on any atom is -0.340 e. The van der Waals surface area contributed by atoms with Gasteiger partial charge in [0.1, 0.15) is 0 Å². The molecule has 1 aliphatic heterocycles. The van der Waals surface area contributed by atoms with E-state index in [9.17, 15) is 4.79 Å².